The molecule has 2 rings (SSSR count). The molecule has 0 bridgehead atoms. The van der Waals surface area contributed by atoms with E-state index in [2.05, 4.69) is 10.3 Å². The van der Waals surface area contributed by atoms with Crippen molar-refractivity contribution >= 4 is 23.7 Å². The summed E-state index contributed by atoms with van der Waals surface area (Å²) in [6.07, 6.45) is -4.21. The van der Waals surface area contributed by atoms with Gasteiger partial charge in [0.15, 0.2) is 0 Å². The van der Waals surface area contributed by atoms with E-state index in [1.165, 1.54) is 25.3 Å². The molecule has 1 saturated heterocycles. The van der Waals surface area contributed by atoms with Crippen molar-refractivity contribution < 1.29 is 37.7 Å². The molecule has 2 heterocycles. The highest BCUT2D eigenvalue weighted by Gasteiger charge is 2.38. The van der Waals surface area contributed by atoms with Crippen LogP contribution in [0, 0.1) is 0 Å². The molecule has 10 nitrogen and oxygen atoms in total. The Labute approximate surface area is 162 Å². The van der Waals surface area contributed by atoms with Gasteiger partial charge < -0.3 is 25.6 Å². The van der Waals surface area contributed by atoms with E-state index in [0.29, 0.717) is 0 Å². The number of aliphatic hydroxyl groups is 2. The first-order chi connectivity index (χ1) is 13.5. The van der Waals surface area contributed by atoms with Crippen LogP contribution in [0.1, 0.15) is 25.1 Å². The van der Waals surface area contributed by atoms with Crippen LogP contribution in [0.5, 0.6) is 0 Å². The zero-order valence-electron chi connectivity index (χ0n) is 15.1. The molecule has 0 unspecified atom stereocenters. The molecular weight excluding hydrogens is 401 g/mol. The number of ether oxygens (including phenoxy) is 1. The highest BCUT2D eigenvalue weighted by atomic mass is 19.4. The van der Waals surface area contributed by atoms with Crippen molar-refractivity contribution in [1.82, 2.24) is 14.9 Å². The van der Waals surface area contributed by atoms with Crippen LogP contribution in [0.2, 0.25) is 0 Å². The molecule has 1 aromatic heterocycles. The van der Waals surface area contributed by atoms with Crippen LogP contribution in [-0.2, 0) is 14.3 Å². The lowest BCUT2D eigenvalue weighted by Crippen LogP contribution is -2.36. The Bertz CT molecular complexity index is 854. The number of nitrogens with zero attached hydrogens (tertiary/aromatic N) is 2. The first kappa shape index (κ1) is 22.5. The van der Waals surface area contributed by atoms with Crippen LogP contribution in [0.3, 0.4) is 0 Å². The maximum Gasteiger partial charge on any atom is 0.471 e. The summed E-state index contributed by atoms with van der Waals surface area (Å²) in [7, 11) is 0. The highest BCUT2D eigenvalue weighted by molar-refractivity contribution is 5.89. The minimum Gasteiger partial charge on any atom is -0.394 e. The molecular formula is C16H19F3N4O6. The molecule has 160 valence electrons. The average Bonchev–Trinajstić information content (AvgIpc) is 2.99. The minimum absolute atomic E-state index is 0.00289. The first-order valence-electron chi connectivity index (χ1n) is 8.39. The summed E-state index contributed by atoms with van der Waals surface area (Å²) in [5, 5.41) is 22.9. The molecule has 0 radical (unpaired) electrons. The van der Waals surface area contributed by atoms with Crippen LogP contribution < -0.4 is 16.3 Å². The SMILES string of the molecule is CC(=O)Nc1nc(=O)n([C@H]2C[C@H](O)[C@@H](CO)O2)cc1/C=C/CNC(=O)C(F)(F)F. The molecule has 3 atom stereocenters. The van der Waals surface area contributed by atoms with Gasteiger partial charge in [-0.2, -0.15) is 18.2 Å². The minimum atomic E-state index is -5.02. The van der Waals surface area contributed by atoms with Crippen LogP contribution in [-0.4, -0.2) is 63.1 Å². The Morgan fingerprint density at radius 2 is 2.14 bits per heavy atom. The second-order valence-electron chi connectivity index (χ2n) is 6.14. The summed E-state index contributed by atoms with van der Waals surface area (Å²) in [4.78, 5) is 38.1. The van der Waals surface area contributed by atoms with E-state index in [0.717, 1.165) is 4.57 Å². The molecule has 0 aromatic carbocycles. The van der Waals surface area contributed by atoms with Crippen molar-refractivity contribution in [3.8, 4) is 0 Å². The fourth-order valence-corrected chi connectivity index (χ4v) is 2.57. The second-order valence-corrected chi connectivity index (χ2v) is 6.14. The zero-order valence-corrected chi connectivity index (χ0v) is 15.1. The maximum atomic E-state index is 12.3. The van der Waals surface area contributed by atoms with Gasteiger partial charge in [0.25, 0.3) is 0 Å². The Hall–Kier alpha value is -2.77. The molecule has 0 spiro atoms. The van der Waals surface area contributed by atoms with Gasteiger partial charge in [-0.15, -0.1) is 0 Å². The standard InChI is InChI=1S/C16H19F3N4O6/c1-8(25)21-13-9(3-2-4-20-14(27)16(17,18)19)6-23(15(28)22-13)12-5-10(26)11(7-24)29-12/h2-3,6,10-12,24,26H,4-5,7H2,1H3,(H,20,27)(H,21,22,25,28)/b3-2+/t10-,11+,12+/m0/s1. The third kappa shape index (κ3) is 5.85. The van der Waals surface area contributed by atoms with E-state index < -0.39 is 55.3 Å². The molecule has 29 heavy (non-hydrogen) atoms. The predicted octanol–water partition coefficient (Wildman–Crippen LogP) is -0.466. The number of aliphatic hydroxyl groups excluding tert-OH is 2. The van der Waals surface area contributed by atoms with Crippen LogP contribution >= 0.6 is 0 Å². The average molecular weight is 420 g/mol. The van der Waals surface area contributed by atoms with Crippen molar-refractivity contribution in [3.05, 3.63) is 28.3 Å². The number of anilines is 1. The Balaban J connectivity index is 2.26. The van der Waals surface area contributed by atoms with Crippen molar-refractivity contribution in [1.29, 1.82) is 0 Å². The van der Waals surface area contributed by atoms with Gasteiger partial charge in [-0.3, -0.25) is 14.2 Å². The molecule has 0 aliphatic carbocycles. The van der Waals surface area contributed by atoms with Crippen molar-refractivity contribution in [2.75, 3.05) is 18.5 Å². The van der Waals surface area contributed by atoms with Crippen LogP contribution in [0.25, 0.3) is 6.08 Å². The summed E-state index contributed by atoms with van der Waals surface area (Å²) in [5.74, 6) is -2.80. The largest absolute Gasteiger partial charge is 0.471 e. The molecule has 4 N–H and O–H groups in total. The van der Waals surface area contributed by atoms with Gasteiger partial charge in [0.2, 0.25) is 5.91 Å². The molecule has 13 heteroatoms. The van der Waals surface area contributed by atoms with E-state index in [4.69, 9.17) is 9.84 Å². The Kier molecular flexibility index (Phi) is 7.11. The van der Waals surface area contributed by atoms with E-state index in [1.807, 2.05) is 0 Å². The molecule has 1 fully saturated rings. The van der Waals surface area contributed by atoms with Gasteiger partial charge in [-0.05, 0) is 0 Å². The lowest BCUT2D eigenvalue weighted by atomic mass is 10.2. The van der Waals surface area contributed by atoms with Crippen molar-refractivity contribution in [2.45, 2.75) is 38.0 Å². The topological polar surface area (TPSA) is 143 Å². The fourth-order valence-electron chi connectivity index (χ4n) is 2.57. The predicted molar refractivity (Wildman–Crippen MR) is 92.5 cm³/mol. The number of amides is 2. The second kappa shape index (κ2) is 9.15. The fraction of sp³-hybridized carbons (Fsp3) is 0.500. The number of carbonyl (C=O) groups is 2. The van der Waals surface area contributed by atoms with Gasteiger partial charge in [-0.1, -0.05) is 12.2 Å². The van der Waals surface area contributed by atoms with E-state index in [9.17, 15) is 32.7 Å². The molecule has 1 aliphatic heterocycles. The van der Waals surface area contributed by atoms with Crippen molar-refractivity contribution in [3.63, 3.8) is 0 Å². The third-order valence-corrected chi connectivity index (χ3v) is 3.90. The number of halogens is 3. The molecule has 2 amide bonds. The number of nitrogens with one attached hydrogen (secondary N) is 2. The number of alkyl halides is 3. The number of hydrogen-bond acceptors (Lipinski definition) is 7. The Morgan fingerprint density at radius 3 is 2.69 bits per heavy atom. The van der Waals surface area contributed by atoms with E-state index in [1.54, 1.807) is 5.32 Å². The summed E-state index contributed by atoms with van der Waals surface area (Å²) in [6.45, 7) is 0.240. The number of rotatable bonds is 6. The summed E-state index contributed by atoms with van der Waals surface area (Å²) in [6, 6.07) is 0. The lowest BCUT2D eigenvalue weighted by Gasteiger charge is -2.16. The normalized spacial score (nSPS) is 22.1. The van der Waals surface area contributed by atoms with Crippen LogP contribution in [0.15, 0.2) is 17.1 Å². The first-order valence-corrected chi connectivity index (χ1v) is 8.39. The number of hydrogen-bond donors (Lipinski definition) is 4. The lowest BCUT2D eigenvalue weighted by molar-refractivity contribution is -0.173. The van der Waals surface area contributed by atoms with Gasteiger partial charge in [0.05, 0.1) is 12.7 Å². The molecule has 1 aliphatic rings. The van der Waals surface area contributed by atoms with Gasteiger partial charge in [-0.25, -0.2) is 4.79 Å². The van der Waals surface area contributed by atoms with Gasteiger partial charge >= 0.3 is 17.8 Å². The maximum absolute atomic E-state index is 12.3. The summed E-state index contributed by atoms with van der Waals surface area (Å²) >= 11 is 0. The van der Waals surface area contributed by atoms with Crippen LogP contribution in [0.4, 0.5) is 19.0 Å². The quantitative estimate of drug-likeness (QED) is 0.487. The molecule has 1 aromatic rings. The van der Waals surface area contributed by atoms with E-state index in [-0.39, 0.29) is 17.8 Å². The van der Waals surface area contributed by atoms with Gasteiger partial charge in [0, 0.05) is 31.6 Å². The monoisotopic (exact) mass is 420 g/mol. The zero-order chi connectivity index (χ0) is 21.8. The molecule has 0 saturated carbocycles. The number of aromatic nitrogens is 2. The summed E-state index contributed by atoms with van der Waals surface area (Å²) in [5.41, 5.74) is -0.668. The Morgan fingerprint density at radius 1 is 1.45 bits per heavy atom. The van der Waals surface area contributed by atoms with E-state index >= 15 is 0 Å². The van der Waals surface area contributed by atoms with Crippen molar-refractivity contribution in [2.24, 2.45) is 0 Å². The van der Waals surface area contributed by atoms with Gasteiger partial charge in [0.1, 0.15) is 18.1 Å². The highest BCUT2D eigenvalue weighted by Crippen LogP contribution is 2.28. The third-order valence-electron chi connectivity index (χ3n) is 3.90. The smallest absolute Gasteiger partial charge is 0.394 e. The summed E-state index contributed by atoms with van der Waals surface area (Å²) < 4.78 is 43.0. The number of carbonyl (C=O) groups excluding carboxylic acids is 2.